The molecule has 0 atom stereocenters. The zero-order chi connectivity index (χ0) is 20.5. The van der Waals surface area contributed by atoms with Crippen LogP contribution in [0.25, 0.3) is 22.3 Å². The highest BCUT2D eigenvalue weighted by Gasteiger charge is 2.18. The second kappa shape index (κ2) is 7.71. The Balaban J connectivity index is 1.58. The third-order valence-corrected chi connectivity index (χ3v) is 5.47. The maximum Gasteiger partial charge on any atom is 0.211 e. The molecule has 0 aliphatic heterocycles. The summed E-state index contributed by atoms with van der Waals surface area (Å²) in [7, 11) is 0. The van der Waals surface area contributed by atoms with Crippen molar-refractivity contribution < 1.29 is 4.39 Å². The molecule has 0 saturated heterocycles. The summed E-state index contributed by atoms with van der Waals surface area (Å²) in [5.41, 5.74) is 3.44. The van der Waals surface area contributed by atoms with Crippen LogP contribution in [0.5, 0.6) is 0 Å². The van der Waals surface area contributed by atoms with Crippen LogP contribution in [-0.4, -0.2) is 39.3 Å². The van der Waals surface area contributed by atoms with Crippen LogP contribution in [0.15, 0.2) is 48.5 Å². The van der Waals surface area contributed by atoms with E-state index in [1.54, 1.807) is 35.5 Å². The van der Waals surface area contributed by atoms with E-state index in [0.717, 1.165) is 40.4 Å². The van der Waals surface area contributed by atoms with Crippen LogP contribution in [0.2, 0.25) is 0 Å². The van der Waals surface area contributed by atoms with Crippen molar-refractivity contribution in [3.8, 4) is 16.6 Å². The molecular weight excluding hydrogens is 403 g/mol. The summed E-state index contributed by atoms with van der Waals surface area (Å²) in [4.78, 5) is 17.8. The second-order valence-corrected chi connectivity index (χ2v) is 7.58. The van der Waals surface area contributed by atoms with Gasteiger partial charge in [-0.05, 0) is 24.6 Å². The van der Waals surface area contributed by atoms with Gasteiger partial charge in [0.05, 0.1) is 11.4 Å². The van der Waals surface area contributed by atoms with Crippen molar-refractivity contribution in [3.63, 3.8) is 0 Å². The van der Waals surface area contributed by atoms with Crippen LogP contribution in [0.3, 0.4) is 0 Å². The Hall–Kier alpha value is -3.53. The fraction of sp³-hybridized carbons (Fsp3) is 0.200. The standard InChI is InChI=1S/C20H17FN8S/c1-2-4-14-16(11-13-6-8-25-29(13)19-15(21)5-3-7-22-19)24-12-28-18(14)26-17(27-28)20-23-9-10-30-20/h3,5-10,12H,2,4,11H2,1H3. The Morgan fingerprint density at radius 2 is 2.03 bits per heavy atom. The number of aromatic nitrogens is 8. The topological polar surface area (TPSA) is 86.7 Å². The van der Waals surface area contributed by atoms with E-state index in [2.05, 4.69) is 32.1 Å². The Labute approximate surface area is 175 Å². The van der Waals surface area contributed by atoms with Crippen molar-refractivity contribution in [1.82, 2.24) is 39.3 Å². The van der Waals surface area contributed by atoms with Crippen molar-refractivity contribution in [2.45, 2.75) is 26.2 Å². The lowest BCUT2D eigenvalue weighted by Crippen LogP contribution is -2.10. The number of halogens is 1. The van der Waals surface area contributed by atoms with Crippen molar-refractivity contribution in [3.05, 3.63) is 71.3 Å². The Morgan fingerprint density at radius 1 is 1.10 bits per heavy atom. The molecule has 8 nitrogen and oxygen atoms in total. The maximum atomic E-state index is 14.3. The van der Waals surface area contributed by atoms with Gasteiger partial charge in [-0.1, -0.05) is 13.3 Å². The summed E-state index contributed by atoms with van der Waals surface area (Å²) in [6.45, 7) is 2.11. The van der Waals surface area contributed by atoms with Crippen LogP contribution in [-0.2, 0) is 12.8 Å². The highest BCUT2D eigenvalue weighted by Crippen LogP contribution is 2.23. The molecule has 0 fully saturated rings. The molecule has 0 radical (unpaired) electrons. The van der Waals surface area contributed by atoms with E-state index in [9.17, 15) is 4.39 Å². The number of thiazole rings is 1. The Morgan fingerprint density at radius 3 is 2.83 bits per heavy atom. The van der Waals surface area contributed by atoms with Crippen molar-refractivity contribution in [1.29, 1.82) is 0 Å². The molecule has 0 saturated carbocycles. The molecule has 0 bridgehead atoms. The van der Waals surface area contributed by atoms with Crippen molar-refractivity contribution >= 4 is 17.0 Å². The number of hydrogen-bond acceptors (Lipinski definition) is 7. The third-order valence-electron chi connectivity index (χ3n) is 4.71. The third kappa shape index (κ3) is 3.24. The van der Waals surface area contributed by atoms with E-state index in [-0.39, 0.29) is 5.82 Å². The van der Waals surface area contributed by atoms with E-state index in [1.165, 1.54) is 22.1 Å². The lowest BCUT2D eigenvalue weighted by atomic mass is 10.1. The molecule has 0 aliphatic carbocycles. The summed E-state index contributed by atoms with van der Waals surface area (Å²) in [6.07, 6.45) is 8.79. The Bertz CT molecular complexity index is 1310. The van der Waals surface area contributed by atoms with Gasteiger partial charge in [-0.25, -0.2) is 33.5 Å². The van der Waals surface area contributed by atoms with Gasteiger partial charge in [0.15, 0.2) is 22.3 Å². The monoisotopic (exact) mass is 420 g/mol. The smallest absolute Gasteiger partial charge is 0.211 e. The SMILES string of the molecule is CCCc1c(Cc2ccnn2-c2ncccc2F)ncn2nc(-c3nccs3)nc12. The van der Waals surface area contributed by atoms with Crippen molar-refractivity contribution in [2.75, 3.05) is 0 Å². The minimum atomic E-state index is -0.426. The molecule has 150 valence electrons. The summed E-state index contributed by atoms with van der Waals surface area (Å²) in [5, 5.41) is 11.5. The number of hydrogen-bond donors (Lipinski definition) is 0. The molecule has 0 aliphatic rings. The van der Waals surface area contributed by atoms with Crippen molar-refractivity contribution in [2.24, 2.45) is 0 Å². The second-order valence-electron chi connectivity index (χ2n) is 6.68. The highest BCUT2D eigenvalue weighted by atomic mass is 32.1. The van der Waals surface area contributed by atoms with Crippen LogP contribution >= 0.6 is 11.3 Å². The zero-order valence-corrected chi connectivity index (χ0v) is 16.9. The first-order chi connectivity index (χ1) is 14.7. The van der Waals surface area contributed by atoms with Gasteiger partial charge in [0.25, 0.3) is 0 Å². The van der Waals surface area contributed by atoms with E-state index < -0.39 is 5.82 Å². The zero-order valence-electron chi connectivity index (χ0n) is 16.1. The first-order valence-electron chi connectivity index (χ1n) is 9.51. The van der Waals surface area contributed by atoms with E-state index in [1.807, 2.05) is 11.4 Å². The summed E-state index contributed by atoms with van der Waals surface area (Å²) >= 11 is 1.50. The average Bonchev–Trinajstić information content (AvgIpc) is 3.50. The fourth-order valence-electron chi connectivity index (χ4n) is 3.38. The maximum absolute atomic E-state index is 14.3. The van der Waals surface area contributed by atoms with E-state index in [0.29, 0.717) is 12.2 Å². The molecule has 0 unspecified atom stereocenters. The molecule has 5 heterocycles. The predicted octanol–water partition coefficient (Wildman–Crippen LogP) is 3.51. The first kappa shape index (κ1) is 18.5. The van der Waals surface area contributed by atoms with E-state index >= 15 is 0 Å². The number of nitrogens with zero attached hydrogens (tertiary/aromatic N) is 8. The molecule has 30 heavy (non-hydrogen) atoms. The van der Waals surface area contributed by atoms with Gasteiger partial charge in [0.2, 0.25) is 5.82 Å². The van der Waals surface area contributed by atoms with Crippen LogP contribution in [0.1, 0.15) is 30.3 Å². The number of pyridine rings is 1. The van der Waals surface area contributed by atoms with Crippen LogP contribution < -0.4 is 0 Å². The minimum Gasteiger partial charge on any atom is -0.241 e. The molecule has 0 spiro atoms. The summed E-state index contributed by atoms with van der Waals surface area (Å²) in [5.74, 6) is 0.330. The Kier molecular flexibility index (Phi) is 4.75. The average molecular weight is 420 g/mol. The predicted molar refractivity (Wildman–Crippen MR) is 110 cm³/mol. The van der Waals surface area contributed by atoms with Gasteiger partial charge in [-0.2, -0.15) is 5.10 Å². The van der Waals surface area contributed by atoms with Gasteiger partial charge in [-0.3, -0.25) is 0 Å². The van der Waals surface area contributed by atoms with Gasteiger partial charge in [0.1, 0.15) is 6.33 Å². The molecular formula is C20H17FN8S. The van der Waals surface area contributed by atoms with Crippen LogP contribution in [0.4, 0.5) is 4.39 Å². The normalized spacial score (nSPS) is 11.4. The quantitative estimate of drug-likeness (QED) is 0.418. The molecule has 0 amide bonds. The molecule has 0 aromatic carbocycles. The summed E-state index contributed by atoms with van der Waals surface area (Å²) in [6, 6.07) is 4.78. The molecule has 5 aromatic heterocycles. The lowest BCUT2D eigenvalue weighted by Gasteiger charge is -2.11. The lowest BCUT2D eigenvalue weighted by molar-refractivity contribution is 0.596. The molecule has 10 heteroatoms. The number of rotatable bonds is 6. The fourth-order valence-corrected chi connectivity index (χ4v) is 3.95. The van der Waals surface area contributed by atoms with Gasteiger partial charge < -0.3 is 0 Å². The van der Waals surface area contributed by atoms with Gasteiger partial charge >= 0.3 is 0 Å². The number of aryl methyl sites for hydroxylation is 1. The molecule has 0 N–H and O–H groups in total. The van der Waals surface area contributed by atoms with Gasteiger partial charge in [-0.15, -0.1) is 16.4 Å². The minimum absolute atomic E-state index is 0.171. The van der Waals surface area contributed by atoms with Gasteiger partial charge in [0, 0.05) is 36.0 Å². The highest BCUT2D eigenvalue weighted by molar-refractivity contribution is 7.13. The first-order valence-corrected chi connectivity index (χ1v) is 10.4. The number of fused-ring (bicyclic) bond motifs is 1. The van der Waals surface area contributed by atoms with Crippen LogP contribution in [0, 0.1) is 5.82 Å². The molecule has 5 rings (SSSR count). The largest absolute Gasteiger partial charge is 0.241 e. The summed E-state index contributed by atoms with van der Waals surface area (Å²) < 4.78 is 17.5. The van der Waals surface area contributed by atoms with E-state index in [4.69, 9.17) is 4.98 Å². The molecule has 5 aromatic rings.